The Morgan fingerprint density at radius 2 is 2.29 bits per heavy atom. The Labute approximate surface area is 89.4 Å². The van der Waals surface area contributed by atoms with E-state index in [1.165, 1.54) is 0 Å². The molecule has 80 valence electrons. The van der Waals surface area contributed by atoms with Gasteiger partial charge in [-0.3, -0.25) is 4.79 Å². The Morgan fingerprint density at radius 3 is 2.79 bits per heavy atom. The van der Waals surface area contributed by atoms with Gasteiger partial charge in [-0.2, -0.15) is 0 Å². The Morgan fingerprint density at radius 1 is 1.64 bits per heavy atom. The van der Waals surface area contributed by atoms with Gasteiger partial charge >= 0.3 is 0 Å². The van der Waals surface area contributed by atoms with Crippen LogP contribution < -0.4 is 5.73 Å². The van der Waals surface area contributed by atoms with Crippen molar-refractivity contribution in [2.45, 2.75) is 25.8 Å². The first kappa shape index (κ1) is 11.4. The van der Waals surface area contributed by atoms with Crippen molar-refractivity contribution in [2.75, 3.05) is 19.8 Å². The molecular weight excluding hydrogens is 200 g/mol. The minimum atomic E-state index is -0.250. The molecule has 0 atom stereocenters. The van der Waals surface area contributed by atoms with Crippen molar-refractivity contribution in [1.29, 1.82) is 0 Å². The van der Waals surface area contributed by atoms with Crippen LogP contribution in [-0.2, 0) is 9.53 Å². The highest BCUT2D eigenvalue weighted by atomic mass is 32.1. The minimum Gasteiger partial charge on any atom is -0.393 e. The van der Waals surface area contributed by atoms with Crippen LogP contribution in [0.25, 0.3) is 0 Å². The molecule has 1 heterocycles. The fourth-order valence-corrected chi connectivity index (χ4v) is 1.69. The second kappa shape index (κ2) is 4.23. The normalized spacial score (nSPS) is 20.6. The molecule has 1 amide bonds. The van der Waals surface area contributed by atoms with Crippen LogP contribution in [-0.4, -0.2) is 41.1 Å². The number of ether oxygens (including phenoxy) is 1. The lowest BCUT2D eigenvalue weighted by atomic mass is 10.0. The number of nitrogens with zero attached hydrogens (tertiary/aromatic N) is 1. The molecular formula is C9H16N2O2S. The molecule has 1 fully saturated rings. The summed E-state index contributed by atoms with van der Waals surface area (Å²) in [4.78, 5) is 13.8. The lowest BCUT2D eigenvalue weighted by Gasteiger charge is -2.42. The number of carbonyl (C=O) groups is 1. The lowest BCUT2D eigenvalue weighted by molar-refractivity contribution is -0.144. The molecule has 0 unspecified atom stereocenters. The van der Waals surface area contributed by atoms with Crippen LogP contribution in [0.4, 0.5) is 0 Å². The zero-order valence-corrected chi connectivity index (χ0v) is 9.39. The lowest BCUT2D eigenvalue weighted by Crippen LogP contribution is -2.55. The Bertz CT molecular complexity index is 253. The van der Waals surface area contributed by atoms with Gasteiger partial charge < -0.3 is 15.4 Å². The highest BCUT2D eigenvalue weighted by Crippen LogP contribution is 2.19. The van der Waals surface area contributed by atoms with Gasteiger partial charge in [0.15, 0.2) is 0 Å². The Hall–Kier alpha value is -0.680. The van der Waals surface area contributed by atoms with E-state index in [2.05, 4.69) is 0 Å². The maximum absolute atomic E-state index is 11.7. The van der Waals surface area contributed by atoms with E-state index in [0.717, 1.165) is 0 Å². The molecule has 0 saturated carbocycles. The summed E-state index contributed by atoms with van der Waals surface area (Å²) in [6.45, 7) is 5.73. The second-order valence-corrected chi connectivity index (χ2v) is 4.58. The van der Waals surface area contributed by atoms with E-state index in [-0.39, 0.29) is 22.9 Å². The van der Waals surface area contributed by atoms with Crippen LogP contribution in [0.15, 0.2) is 0 Å². The van der Waals surface area contributed by atoms with Crippen LogP contribution in [0.1, 0.15) is 20.3 Å². The van der Waals surface area contributed by atoms with Crippen molar-refractivity contribution in [3.8, 4) is 0 Å². The van der Waals surface area contributed by atoms with Crippen LogP contribution >= 0.6 is 12.2 Å². The SMILES string of the molecule is CC1(C)COCCN1C(=O)CC(N)=S. The van der Waals surface area contributed by atoms with Crippen molar-refractivity contribution in [3.63, 3.8) is 0 Å². The summed E-state index contributed by atoms with van der Waals surface area (Å²) in [6, 6.07) is 0. The predicted molar refractivity (Wildman–Crippen MR) is 58.0 cm³/mol. The predicted octanol–water partition coefficient (Wildman–Crippen LogP) is 0.300. The first-order chi connectivity index (χ1) is 6.43. The van der Waals surface area contributed by atoms with E-state index < -0.39 is 0 Å². The number of hydrogen-bond acceptors (Lipinski definition) is 3. The summed E-state index contributed by atoms with van der Waals surface area (Å²) in [5.74, 6) is -0.00852. The quantitative estimate of drug-likeness (QED) is 0.675. The average Bonchev–Trinajstić information content (AvgIpc) is 2.01. The molecule has 0 aromatic rings. The van der Waals surface area contributed by atoms with Crippen molar-refractivity contribution < 1.29 is 9.53 Å². The summed E-state index contributed by atoms with van der Waals surface area (Å²) < 4.78 is 5.31. The van der Waals surface area contributed by atoms with Crippen LogP contribution in [0.2, 0.25) is 0 Å². The molecule has 0 aromatic heterocycles. The van der Waals surface area contributed by atoms with E-state index in [9.17, 15) is 4.79 Å². The number of amides is 1. The molecule has 1 aliphatic rings. The molecule has 4 nitrogen and oxygen atoms in total. The average molecular weight is 216 g/mol. The van der Waals surface area contributed by atoms with Gasteiger partial charge in [0, 0.05) is 6.54 Å². The first-order valence-corrected chi connectivity index (χ1v) is 5.01. The molecule has 0 bridgehead atoms. The molecule has 0 aliphatic carbocycles. The third-order valence-corrected chi connectivity index (χ3v) is 2.42. The Kier molecular flexibility index (Phi) is 3.44. The fourth-order valence-electron chi connectivity index (χ4n) is 1.57. The number of hydrogen-bond donors (Lipinski definition) is 1. The summed E-state index contributed by atoms with van der Waals surface area (Å²) in [5.41, 5.74) is 5.09. The maximum atomic E-state index is 11.7. The van der Waals surface area contributed by atoms with E-state index in [1.807, 2.05) is 13.8 Å². The fraction of sp³-hybridized carbons (Fsp3) is 0.778. The van der Waals surface area contributed by atoms with Gasteiger partial charge in [0.05, 0.1) is 30.2 Å². The second-order valence-electron chi connectivity index (χ2n) is 4.05. The van der Waals surface area contributed by atoms with E-state index in [0.29, 0.717) is 19.8 Å². The van der Waals surface area contributed by atoms with Gasteiger partial charge in [-0.25, -0.2) is 0 Å². The van der Waals surface area contributed by atoms with Gasteiger partial charge in [-0.05, 0) is 13.8 Å². The smallest absolute Gasteiger partial charge is 0.229 e. The van der Waals surface area contributed by atoms with Crippen LogP contribution in [0.3, 0.4) is 0 Å². The van der Waals surface area contributed by atoms with Crippen LogP contribution in [0.5, 0.6) is 0 Å². The topological polar surface area (TPSA) is 55.6 Å². The molecule has 1 rings (SSSR count). The van der Waals surface area contributed by atoms with Gasteiger partial charge in [-0.1, -0.05) is 12.2 Å². The monoisotopic (exact) mass is 216 g/mol. The van der Waals surface area contributed by atoms with E-state index in [1.54, 1.807) is 4.90 Å². The summed E-state index contributed by atoms with van der Waals surface area (Å²) in [7, 11) is 0. The molecule has 0 aromatic carbocycles. The molecule has 14 heavy (non-hydrogen) atoms. The van der Waals surface area contributed by atoms with Gasteiger partial charge in [-0.15, -0.1) is 0 Å². The number of carbonyl (C=O) groups excluding carboxylic acids is 1. The minimum absolute atomic E-state index is 0.00852. The van der Waals surface area contributed by atoms with Crippen molar-refractivity contribution in [3.05, 3.63) is 0 Å². The zero-order chi connectivity index (χ0) is 10.8. The highest BCUT2D eigenvalue weighted by molar-refractivity contribution is 7.80. The molecule has 2 N–H and O–H groups in total. The van der Waals surface area contributed by atoms with Gasteiger partial charge in [0.2, 0.25) is 5.91 Å². The van der Waals surface area contributed by atoms with E-state index >= 15 is 0 Å². The molecule has 5 heteroatoms. The Balaban J connectivity index is 2.64. The number of thiocarbonyl (C=S) groups is 1. The highest BCUT2D eigenvalue weighted by Gasteiger charge is 2.33. The van der Waals surface area contributed by atoms with E-state index in [4.69, 9.17) is 22.7 Å². The van der Waals surface area contributed by atoms with Gasteiger partial charge in [0.25, 0.3) is 0 Å². The number of rotatable bonds is 2. The molecule has 1 saturated heterocycles. The zero-order valence-electron chi connectivity index (χ0n) is 8.58. The molecule has 1 aliphatic heterocycles. The molecule has 0 radical (unpaired) electrons. The first-order valence-electron chi connectivity index (χ1n) is 4.60. The number of nitrogens with two attached hydrogens (primary N) is 1. The summed E-state index contributed by atoms with van der Waals surface area (Å²) in [5, 5.41) is 0. The number of morpholine rings is 1. The standard InChI is InChI=1S/C9H16N2O2S/c1-9(2)6-13-4-3-11(9)8(12)5-7(10)14/h3-6H2,1-2H3,(H2,10,14). The molecule has 0 spiro atoms. The summed E-state index contributed by atoms with van der Waals surface area (Å²) >= 11 is 4.72. The van der Waals surface area contributed by atoms with Gasteiger partial charge in [0.1, 0.15) is 0 Å². The largest absolute Gasteiger partial charge is 0.393 e. The maximum Gasteiger partial charge on any atom is 0.229 e. The third kappa shape index (κ3) is 2.65. The van der Waals surface area contributed by atoms with Crippen molar-refractivity contribution in [1.82, 2.24) is 4.90 Å². The summed E-state index contributed by atoms with van der Waals surface area (Å²) in [6.07, 6.45) is 0.152. The van der Waals surface area contributed by atoms with Crippen molar-refractivity contribution >= 4 is 23.1 Å². The third-order valence-electron chi connectivity index (χ3n) is 2.27. The van der Waals surface area contributed by atoms with Crippen molar-refractivity contribution in [2.24, 2.45) is 5.73 Å². The van der Waals surface area contributed by atoms with Crippen LogP contribution in [0, 0.1) is 0 Å².